The van der Waals surface area contributed by atoms with Gasteiger partial charge in [0.05, 0.1) is 4.47 Å². The first kappa shape index (κ1) is 13.7. The molecule has 3 nitrogen and oxygen atoms in total. The monoisotopic (exact) mass is 313 g/mol. The van der Waals surface area contributed by atoms with Crippen LogP contribution in [0.25, 0.3) is 0 Å². The van der Waals surface area contributed by atoms with Crippen LogP contribution in [0.4, 0.5) is 0 Å². The molecule has 4 heteroatoms. The smallest absolute Gasteiger partial charge is 0.175 e. The molecule has 1 aromatic rings. The molecule has 0 spiro atoms. The van der Waals surface area contributed by atoms with Crippen molar-refractivity contribution in [1.29, 1.82) is 0 Å². The van der Waals surface area contributed by atoms with E-state index in [1.54, 1.807) is 0 Å². The van der Waals surface area contributed by atoms with E-state index < -0.39 is 0 Å². The van der Waals surface area contributed by atoms with Gasteiger partial charge in [-0.05, 0) is 39.0 Å². The minimum Gasteiger partial charge on any atom is -0.486 e. The predicted octanol–water partition coefficient (Wildman–Crippen LogP) is 3.36. The highest BCUT2D eigenvalue weighted by Crippen LogP contribution is 2.38. The number of rotatable bonds is 3. The maximum Gasteiger partial charge on any atom is 0.175 e. The van der Waals surface area contributed by atoms with Crippen LogP contribution in [-0.4, -0.2) is 19.8 Å². The Hall–Kier alpha value is -0.740. The summed E-state index contributed by atoms with van der Waals surface area (Å²) in [5.74, 6) is 1.66. The first-order valence-electron chi connectivity index (χ1n) is 6.24. The van der Waals surface area contributed by atoms with Crippen molar-refractivity contribution in [1.82, 2.24) is 5.32 Å². The molecular weight excluding hydrogens is 294 g/mol. The summed E-state index contributed by atoms with van der Waals surface area (Å²) in [6.07, 6.45) is 0. The normalized spacial score (nSPS) is 14.7. The Labute approximate surface area is 117 Å². The van der Waals surface area contributed by atoms with E-state index in [1.165, 1.54) is 5.56 Å². The van der Waals surface area contributed by atoms with E-state index in [4.69, 9.17) is 9.47 Å². The van der Waals surface area contributed by atoms with E-state index in [9.17, 15) is 0 Å². The van der Waals surface area contributed by atoms with Crippen LogP contribution in [0, 0.1) is 5.41 Å². The summed E-state index contributed by atoms with van der Waals surface area (Å²) in [4.78, 5) is 0. The molecule has 0 aromatic heterocycles. The van der Waals surface area contributed by atoms with Gasteiger partial charge in [0.15, 0.2) is 11.5 Å². The number of benzene rings is 1. The molecule has 100 valence electrons. The zero-order valence-corrected chi connectivity index (χ0v) is 12.8. The summed E-state index contributed by atoms with van der Waals surface area (Å²) >= 11 is 3.53. The topological polar surface area (TPSA) is 30.5 Å². The lowest BCUT2D eigenvalue weighted by Gasteiger charge is -2.22. The number of nitrogens with one attached hydrogen (secondary N) is 1. The van der Waals surface area contributed by atoms with Gasteiger partial charge in [-0.15, -0.1) is 0 Å². The van der Waals surface area contributed by atoms with E-state index in [1.807, 2.05) is 0 Å². The molecule has 1 N–H and O–H groups in total. The number of ether oxygens (including phenoxy) is 2. The molecule has 0 bridgehead atoms. The Morgan fingerprint density at radius 2 is 1.94 bits per heavy atom. The average molecular weight is 314 g/mol. The molecule has 0 amide bonds. The molecule has 1 aliphatic heterocycles. The van der Waals surface area contributed by atoms with Crippen LogP contribution in [0.5, 0.6) is 11.5 Å². The molecule has 2 rings (SSSR count). The summed E-state index contributed by atoms with van der Waals surface area (Å²) in [5.41, 5.74) is 1.50. The molecule has 1 aliphatic rings. The second-order valence-electron chi connectivity index (χ2n) is 5.77. The standard InChI is InChI=1S/C14H20BrNO2/c1-14(2,3)9-16-8-10-6-11(15)13-12(7-10)17-4-5-18-13/h6-7,16H,4-5,8-9H2,1-3H3. The van der Waals surface area contributed by atoms with Crippen molar-refractivity contribution in [3.63, 3.8) is 0 Å². The Morgan fingerprint density at radius 3 is 2.67 bits per heavy atom. The molecule has 1 aromatic carbocycles. The summed E-state index contributed by atoms with van der Waals surface area (Å²) < 4.78 is 12.2. The molecule has 18 heavy (non-hydrogen) atoms. The van der Waals surface area contributed by atoms with Gasteiger partial charge in [-0.1, -0.05) is 20.8 Å². The molecule has 0 aliphatic carbocycles. The van der Waals surface area contributed by atoms with E-state index in [-0.39, 0.29) is 0 Å². The van der Waals surface area contributed by atoms with Crippen molar-refractivity contribution < 1.29 is 9.47 Å². The van der Waals surface area contributed by atoms with Gasteiger partial charge in [-0.25, -0.2) is 0 Å². The average Bonchev–Trinajstić information content (AvgIpc) is 2.27. The fourth-order valence-electron chi connectivity index (χ4n) is 1.85. The second kappa shape index (κ2) is 5.49. The van der Waals surface area contributed by atoms with Crippen LogP contribution >= 0.6 is 15.9 Å². The van der Waals surface area contributed by atoms with Crippen LogP contribution in [0.15, 0.2) is 16.6 Å². The lowest BCUT2D eigenvalue weighted by Crippen LogP contribution is -2.26. The number of hydrogen-bond donors (Lipinski definition) is 1. The quantitative estimate of drug-likeness (QED) is 0.928. The van der Waals surface area contributed by atoms with E-state index in [0.717, 1.165) is 29.1 Å². The summed E-state index contributed by atoms with van der Waals surface area (Å²) in [6, 6.07) is 4.14. The third-order valence-corrected chi connectivity index (χ3v) is 3.23. The molecular formula is C14H20BrNO2. The first-order valence-corrected chi connectivity index (χ1v) is 7.04. The predicted molar refractivity (Wildman–Crippen MR) is 76.3 cm³/mol. The van der Waals surface area contributed by atoms with Crippen LogP contribution in [-0.2, 0) is 6.54 Å². The highest BCUT2D eigenvalue weighted by molar-refractivity contribution is 9.10. The number of hydrogen-bond acceptors (Lipinski definition) is 3. The van der Waals surface area contributed by atoms with Gasteiger partial charge in [0.1, 0.15) is 13.2 Å². The lowest BCUT2D eigenvalue weighted by molar-refractivity contribution is 0.170. The summed E-state index contributed by atoms with van der Waals surface area (Å²) in [7, 11) is 0. The summed E-state index contributed by atoms with van der Waals surface area (Å²) in [5, 5.41) is 3.46. The third kappa shape index (κ3) is 3.62. The van der Waals surface area contributed by atoms with Gasteiger partial charge >= 0.3 is 0 Å². The highest BCUT2D eigenvalue weighted by Gasteiger charge is 2.16. The van der Waals surface area contributed by atoms with Gasteiger partial charge in [0, 0.05) is 13.1 Å². The van der Waals surface area contributed by atoms with E-state index in [0.29, 0.717) is 18.6 Å². The van der Waals surface area contributed by atoms with E-state index >= 15 is 0 Å². The maximum atomic E-state index is 5.61. The van der Waals surface area contributed by atoms with Crippen molar-refractivity contribution in [3.05, 3.63) is 22.2 Å². The highest BCUT2D eigenvalue weighted by atomic mass is 79.9. The summed E-state index contributed by atoms with van der Waals surface area (Å²) in [6.45, 7) is 9.73. The number of fused-ring (bicyclic) bond motifs is 1. The molecule has 0 fully saturated rings. The number of halogens is 1. The minimum absolute atomic E-state index is 0.297. The van der Waals surface area contributed by atoms with Crippen LogP contribution in [0.2, 0.25) is 0 Å². The molecule has 0 saturated heterocycles. The molecule has 1 heterocycles. The van der Waals surface area contributed by atoms with Gasteiger partial charge in [-0.3, -0.25) is 0 Å². The molecule has 0 atom stereocenters. The van der Waals surface area contributed by atoms with Crippen molar-refractivity contribution in [2.45, 2.75) is 27.3 Å². The third-order valence-electron chi connectivity index (χ3n) is 2.64. The van der Waals surface area contributed by atoms with Crippen molar-refractivity contribution in [2.24, 2.45) is 5.41 Å². The Kier molecular flexibility index (Phi) is 4.17. The zero-order valence-electron chi connectivity index (χ0n) is 11.2. The molecule has 0 radical (unpaired) electrons. The van der Waals surface area contributed by atoms with Crippen molar-refractivity contribution in [3.8, 4) is 11.5 Å². The Morgan fingerprint density at radius 1 is 1.22 bits per heavy atom. The Bertz CT molecular complexity index is 427. The van der Waals surface area contributed by atoms with Crippen LogP contribution in [0.1, 0.15) is 26.3 Å². The molecule has 0 unspecified atom stereocenters. The maximum absolute atomic E-state index is 5.61. The Balaban J connectivity index is 2.03. The van der Waals surface area contributed by atoms with Gasteiger partial charge in [0.2, 0.25) is 0 Å². The fraction of sp³-hybridized carbons (Fsp3) is 0.571. The van der Waals surface area contributed by atoms with Crippen molar-refractivity contribution >= 4 is 15.9 Å². The SMILES string of the molecule is CC(C)(C)CNCc1cc(Br)c2c(c1)OCCO2. The van der Waals surface area contributed by atoms with Crippen LogP contribution in [0.3, 0.4) is 0 Å². The molecule has 0 saturated carbocycles. The van der Waals surface area contributed by atoms with Crippen LogP contribution < -0.4 is 14.8 Å². The first-order chi connectivity index (χ1) is 8.46. The van der Waals surface area contributed by atoms with Gasteiger partial charge in [-0.2, -0.15) is 0 Å². The zero-order chi connectivity index (χ0) is 13.2. The van der Waals surface area contributed by atoms with E-state index in [2.05, 4.69) is 54.2 Å². The van der Waals surface area contributed by atoms with Crippen molar-refractivity contribution in [2.75, 3.05) is 19.8 Å². The minimum atomic E-state index is 0.297. The largest absolute Gasteiger partial charge is 0.486 e. The van der Waals surface area contributed by atoms with Gasteiger partial charge < -0.3 is 14.8 Å². The fourth-order valence-corrected chi connectivity index (χ4v) is 2.45. The second-order valence-corrected chi connectivity index (χ2v) is 6.62. The lowest BCUT2D eigenvalue weighted by atomic mass is 9.97. The van der Waals surface area contributed by atoms with Gasteiger partial charge in [0.25, 0.3) is 0 Å².